The van der Waals surface area contributed by atoms with Crippen molar-refractivity contribution in [2.45, 2.75) is 31.5 Å². The molecule has 1 heterocycles. The minimum atomic E-state index is 0.425. The number of hydrogen-bond donors (Lipinski definition) is 2. The van der Waals surface area contributed by atoms with Gasteiger partial charge in [-0.25, -0.2) is 0 Å². The van der Waals surface area contributed by atoms with Crippen molar-refractivity contribution in [3.63, 3.8) is 0 Å². The highest BCUT2D eigenvalue weighted by molar-refractivity contribution is 5.22. The lowest BCUT2D eigenvalue weighted by Crippen LogP contribution is -2.45. The summed E-state index contributed by atoms with van der Waals surface area (Å²) in [6, 6.07) is 22.3. The summed E-state index contributed by atoms with van der Waals surface area (Å²) in [6.07, 6.45) is 2.48. The lowest BCUT2D eigenvalue weighted by Gasteiger charge is -2.34. The molecular formula is C18H22N2. The monoisotopic (exact) mass is 266 g/mol. The van der Waals surface area contributed by atoms with Crippen LogP contribution < -0.4 is 10.6 Å². The van der Waals surface area contributed by atoms with E-state index in [-0.39, 0.29) is 0 Å². The lowest BCUT2D eigenvalue weighted by molar-refractivity contribution is 0.304. The molecule has 0 bridgehead atoms. The zero-order chi connectivity index (χ0) is 13.6. The first-order valence-electron chi connectivity index (χ1n) is 7.49. The van der Waals surface area contributed by atoms with E-state index in [1.54, 1.807) is 0 Å². The molecule has 0 unspecified atom stereocenters. The standard InChI is InChI=1S/C18H22N2/c1-3-8-15(9-4-1)14-20-17-12-7-13-19-18(17)16-10-5-2-6-11-16/h1-6,8-11,17-20H,7,12-14H2/t17-,18-/m1/s1. The van der Waals surface area contributed by atoms with Crippen molar-refractivity contribution < 1.29 is 0 Å². The van der Waals surface area contributed by atoms with Crippen LogP contribution in [0.4, 0.5) is 0 Å². The molecular weight excluding hydrogens is 244 g/mol. The third-order valence-corrected chi connectivity index (χ3v) is 4.03. The fourth-order valence-corrected chi connectivity index (χ4v) is 2.96. The van der Waals surface area contributed by atoms with Gasteiger partial charge < -0.3 is 10.6 Å². The molecule has 0 spiro atoms. The lowest BCUT2D eigenvalue weighted by atomic mass is 9.92. The fraction of sp³-hybridized carbons (Fsp3) is 0.333. The van der Waals surface area contributed by atoms with Crippen LogP contribution in [0.3, 0.4) is 0 Å². The van der Waals surface area contributed by atoms with Gasteiger partial charge in [-0.2, -0.15) is 0 Å². The zero-order valence-corrected chi connectivity index (χ0v) is 11.8. The molecule has 20 heavy (non-hydrogen) atoms. The van der Waals surface area contributed by atoms with Crippen molar-refractivity contribution in [1.82, 2.24) is 10.6 Å². The Hall–Kier alpha value is -1.64. The highest BCUT2D eigenvalue weighted by Gasteiger charge is 2.25. The first kappa shape index (κ1) is 13.3. The minimum Gasteiger partial charge on any atom is -0.309 e. The summed E-state index contributed by atoms with van der Waals surface area (Å²) in [5, 5.41) is 7.38. The molecule has 2 N–H and O–H groups in total. The van der Waals surface area contributed by atoms with Crippen LogP contribution in [0.5, 0.6) is 0 Å². The molecule has 2 aromatic carbocycles. The Morgan fingerprint density at radius 1 is 0.950 bits per heavy atom. The molecule has 2 atom stereocenters. The summed E-state index contributed by atoms with van der Waals surface area (Å²) in [7, 11) is 0. The Morgan fingerprint density at radius 3 is 2.40 bits per heavy atom. The number of nitrogens with one attached hydrogen (secondary N) is 2. The largest absolute Gasteiger partial charge is 0.309 e. The molecule has 1 aliphatic heterocycles. The Kier molecular flexibility index (Phi) is 4.46. The van der Waals surface area contributed by atoms with Gasteiger partial charge in [0, 0.05) is 18.6 Å². The van der Waals surface area contributed by atoms with E-state index >= 15 is 0 Å². The molecule has 3 rings (SSSR count). The average molecular weight is 266 g/mol. The maximum Gasteiger partial charge on any atom is 0.0476 e. The van der Waals surface area contributed by atoms with Crippen molar-refractivity contribution >= 4 is 0 Å². The summed E-state index contributed by atoms with van der Waals surface area (Å²) in [4.78, 5) is 0. The molecule has 0 saturated carbocycles. The molecule has 0 aliphatic carbocycles. The van der Waals surface area contributed by atoms with Crippen molar-refractivity contribution in [2.24, 2.45) is 0 Å². The fourth-order valence-electron chi connectivity index (χ4n) is 2.96. The molecule has 0 aromatic heterocycles. The molecule has 2 nitrogen and oxygen atoms in total. The Labute approximate surface area is 121 Å². The third-order valence-electron chi connectivity index (χ3n) is 4.03. The van der Waals surface area contributed by atoms with E-state index in [1.807, 2.05) is 0 Å². The van der Waals surface area contributed by atoms with Crippen LogP contribution in [0.2, 0.25) is 0 Å². The van der Waals surface area contributed by atoms with Gasteiger partial charge in [-0.05, 0) is 30.5 Å². The summed E-state index contributed by atoms with van der Waals surface area (Å²) in [5.74, 6) is 0. The van der Waals surface area contributed by atoms with Crippen LogP contribution in [0, 0.1) is 0 Å². The maximum absolute atomic E-state index is 3.72. The van der Waals surface area contributed by atoms with Crippen molar-refractivity contribution in [1.29, 1.82) is 0 Å². The summed E-state index contributed by atoms with van der Waals surface area (Å²) in [6.45, 7) is 2.06. The van der Waals surface area contributed by atoms with E-state index in [0.29, 0.717) is 12.1 Å². The van der Waals surface area contributed by atoms with E-state index in [1.165, 1.54) is 24.0 Å². The molecule has 104 valence electrons. The van der Waals surface area contributed by atoms with Gasteiger partial charge >= 0.3 is 0 Å². The molecule has 1 aliphatic rings. The number of benzene rings is 2. The second-order valence-electron chi connectivity index (χ2n) is 5.46. The first-order valence-corrected chi connectivity index (χ1v) is 7.49. The number of piperidine rings is 1. The van der Waals surface area contributed by atoms with Gasteiger partial charge in [0.2, 0.25) is 0 Å². The zero-order valence-electron chi connectivity index (χ0n) is 11.8. The first-order chi connectivity index (χ1) is 9.93. The Balaban J connectivity index is 1.67. The predicted octanol–water partition coefficient (Wildman–Crippen LogP) is 3.27. The Bertz CT molecular complexity index is 509. The van der Waals surface area contributed by atoms with Crippen LogP contribution in [-0.4, -0.2) is 12.6 Å². The minimum absolute atomic E-state index is 0.425. The van der Waals surface area contributed by atoms with Gasteiger partial charge in [-0.15, -0.1) is 0 Å². The van der Waals surface area contributed by atoms with Crippen LogP contribution in [-0.2, 0) is 6.54 Å². The topological polar surface area (TPSA) is 24.1 Å². The highest BCUT2D eigenvalue weighted by Crippen LogP contribution is 2.23. The van der Waals surface area contributed by atoms with Crippen molar-refractivity contribution in [3.8, 4) is 0 Å². The Morgan fingerprint density at radius 2 is 1.65 bits per heavy atom. The van der Waals surface area contributed by atoms with Crippen LogP contribution in [0.1, 0.15) is 30.0 Å². The molecule has 1 saturated heterocycles. The van der Waals surface area contributed by atoms with Gasteiger partial charge in [0.25, 0.3) is 0 Å². The molecule has 2 aromatic rings. The molecule has 0 radical (unpaired) electrons. The average Bonchev–Trinajstić information content (AvgIpc) is 2.55. The van der Waals surface area contributed by atoms with Gasteiger partial charge in [-0.1, -0.05) is 60.7 Å². The summed E-state index contributed by atoms with van der Waals surface area (Å²) >= 11 is 0. The van der Waals surface area contributed by atoms with Crippen LogP contribution >= 0.6 is 0 Å². The van der Waals surface area contributed by atoms with E-state index in [0.717, 1.165) is 13.1 Å². The van der Waals surface area contributed by atoms with Crippen molar-refractivity contribution in [2.75, 3.05) is 6.54 Å². The smallest absolute Gasteiger partial charge is 0.0476 e. The third kappa shape index (κ3) is 3.27. The van der Waals surface area contributed by atoms with Crippen LogP contribution in [0.25, 0.3) is 0 Å². The van der Waals surface area contributed by atoms with E-state index in [9.17, 15) is 0 Å². The second-order valence-corrected chi connectivity index (χ2v) is 5.46. The van der Waals surface area contributed by atoms with Gasteiger partial charge in [-0.3, -0.25) is 0 Å². The van der Waals surface area contributed by atoms with E-state index < -0.39 is 0 Å². The SMILES string of the molecule is c1ccc(CN[C@@H]2CCCN[C@@H]2c2ccccc2)cc1. The van der Waals surface area contributed by atoms with Gasteiger partial charge in [0.05, 0.1) is 0 Å². The van der Waals surface area contributed by atoms with Crippen molar-refractivity contribution in [3.05, 3.63) is 71.8 Å². The van der Waals surface area contributed by atoms with Gasteiger partial charge in [0.1, 0.15) is 0 Å². The second kappa shape index (κ2) is 6.69. The van der Waals surface area contributed by atoms with E-state index in [2.05, 4.69) is 71.3 Å². The molecule has 0 amide bonds. The summed E-state index contributed by atoms with van der Waals surface area (Å²) in [5.41, 5.74) is 2.74. The van der Waals surface area contributed by atoms with Crippen LogP contribution in [0.15, 0.2) is 60.7 Å². The maximum atomic E-state index is 3.72. The molecule has 2 heteroatoms. The number of rotatable bonds is 4. The predicted molar refractivity (Wildman–Crippen MR) is 83.5 cm³/mol. The molecule has 1 fully saturated rings. The summed E-state index contributed by atoms with van der Waals surface area (Å²) < 4.78 is 0. The van der Waals surface area contributed by atoms with E-state index in [4.69, 9.17) is 0 Å². The quantitative estimate of drug-likeness (QED) is 0.887. The number of hydrogen-bond acceptors (Lipinski definition) is 2. The van der Waals surface area contributed by atoms with Gasteiger partial charge in [0.15, 0.2) is 0 Å². The highest BCUT2D eigenvalue weighted by atomic mass is 15.0. The normalized spacial score (nSPS) is 22.6.